The summed E-state index contributed by atoms with van der Waals surface area (Å²) < 4.78 is 0. The molecule has 1 saturated carbocycles. The molecule has 2 rings (SSSR count). The van der Waals surface area contributed by atoms with E-state index >= 15 is 0 Å². The molecule has 4 heteroatoms. The van der Waals surface area contributed by atoms with E-state index in [2.05, 4.69) is 42.7 Å². The number of hydrogen-bond donors (Lipinski definition) is 3. The number of aryl methyl sites for hydroxylation is 2. The van der Waals surface area contributed by atoms with Crippen molar-refractivity contribution < 1.29 is 9.90 Å². The van der Waals surface area contributed by atoms with E-state index < -0.39 is 0 Å². The van der Waals surface area contributed by atoms with Crippen LogP contribution in [0.25, 0.3) is 0 Å². The minimum absolute atomic E-state index is 0.0180. The number of urea groups is 1. The van der Waals surface area contributed by atoms with Gasteiger partial charge in [0.05, 0.1) is 12.1 Å². The lowest BCUT2D eigenvalue weighted by molar-refractivity contribution is 0.101. The molecule has 22 heavy (non-hydrogen) atoms. The number of aliphatic hydroxyl groups is 1. The van der Waals surface area contributed by atoms with Gasteiger partial charge < -0.3 is 15.7 Å². The van der Waals surface area contributed by atoms with Gasteiger partial charge >= 0.3 is 6.03 Å². The molecule has 1 aromatic rings. The minimum Gasteiger partial charge on any atom is -0.393 e. The van der Waals surface area contributed by atoms with Crippen LogP contribution in [0, 0.1) is 19.8 Å². The van der Waals surface area contributed by atoms with Crippen molar-refractivity contribution in [3.8, 4) is 0 Å². The van der Waals surface area contributed by atoms with Crippen LogP contribution in [0.15, 0.2) is 18.2 Å². The standard InChI is InChI=1S/C18H28N2O2/c1-12-7-13(2)9-16(8-12)14(3)20-18(22)19-11-15-5-4-6-17(21)10-15/h7-9,14-15,17,21H,4-6,10-11H2,1-3H3,(H2,19,20,22). The molecule has 3 atom stereocenters. The number of aliphatic hydroxyl groups excluding tert-OH is 1. The molecule has 0 spiro atoms. The molecular weight excluding hydrogens is 276 g/mol. The third-order valence-electron chi connectivity index (χ3n) is 4.40. The average Bonchev–Trinajstić information content (AvgIpc) is 2.44. The number of benzene rings is 1. The fourth-order valence-corrected chi connectivity index (χ4v) is 3.28. The first-order chi connectivity index (χ1) is 10.4. The van der Waals surface area contributed by atoms with Crippen molar-refractivity contribution in [3.63, 3.8) is 0 Å². The molecule has 3 unspecified atom stereocenters. The Morgan fingerprint density at radius 3 is 2.59 bits per heavy atom. The van der Waals surface area contributed by atoms with Crippen molar-refractivity contribution in [1.29, 1.82) is 0 Å². The highest BCUT2D eigenvalue weighted by atomic mass is 16.3. The van der Waals surface area contributed by atoms with Crippen molar-refractivity contribution in [2.24, 2.45) is 5.92 Å². The summed E-state index contributed by atoms with van der Waals surface area (Å²) in [6.45, 7) is 6.77. The van der Waals surface area contributed by atoms with Crippen LogP contribution in [0.4, 0.5) is 4.79 Å². The van der Waals surface area contributed by atoms with E-state index in [1.165, 1.54) is 11.1 Å². The topological polar surface area (TPSA) is 61.4 Å². The Morgan fingerprint density at radius 2 is 1.95 bits per heavy atom. The molecule has 1 aromatic carbocycles. The summed E-state index contributed by atoms with van der Waals surface area (Å²) in [7, 11) is 0. The maximum Gasteiger partial charge on any atom is 0.315 e. The molecule has 3 N–H and O–H groups in total. The Morgan fingerprint density at radius 1 is 1.27 bits per heavy atom. The Balaban J connectivity index is 1.81. The zero-order valence-corrected chi connectivity index (χ0v) is 13.9. The first kappa shape index (κ1) is 16.8. The van der Waals surface area contributed by atoms with Crippen molar-refractivity contribution in [1.82, 2.24) is 10.6 Å². The largest absolute Gasteiger partial charge is 0.393 e. The van der Waals surface area contributed by atoms with Crippen LogP contribution in [0.1, 0.15) is 55.3 Å². The molecule has 0 bridgehead atoms. The number of hydrogen-bond acceptors (Lipinski definition) is 2. The maximum absolute atomic E-state index is 12.0. The second kappa shape index (κ2) is 7.63. The van der Waals surface area contributed by atoms with Gasteiger partial charge in [-0.1, -0.05) is 35.7 Å². The van der Waals surface area contributed by atoms with Gasteiger partial charge in [-0.2, -0.15) is 0 Å². The molecule has 1 aliphatic rings. The fourth-order valence-electron chi connectivity index (χ4n) is 3.28. The van der Waals surface area contributed by atoms with Crippen molar-refractivity contribution in [2.75, 3.05) is 6.54 Å². The lowest BCUT2D eigenvalue weighted by Gasteiger charge is -2.26. The summed E-state index contributed by atoms with van der Waals surface area (Å²) in [5.41, 5.74) is 3.54. The van der Waals surface area contributed by atoms with E-state index in [9.17, 15) is 9.90 Å². The smallest absolute Gasteiger partial charge is 0.315 e. The zero-order chi connectivity index (χ0) is 16.1. The normalized spacial score (nSPS) is 22.9. The fraction of sp³-hybridized carbons (Fsp3) is 0.611. The zero-order valence-electron chi connectivity index (χ0n) is 13.9. The first-order valence-electron chi connectivity index (χ1n) is 8.24. The Hall–Kier alpha value is -1.55. The van der Waals surface area contributed by atoms with Gasteiger partial charge in [0.15, 0.2) is 0 Å². The number of amides is 2. The lowest BCUT2D eigenvalue weighted by atomic mass is 9.87. The van der Waals surface area contributed by atoms with E-state index in [0.717, 1.165) is 31.2 Å². The van der Waals surface area contributed by atoms with Crippen molar-refractivity contribution >= 4 is 6.03 Å². The number of rotatable bonds is 4. The summed E-state index contributed by atoms with van der Waals surface area (Å²) in [6, 6.07) is 6.19. The summed E-state index contributed by atoms with van der Waals surface area (Å²) in [5, 5.41) is 15.6. The Kier molecular flexibility index (Phi) is 5.83. The molecule has 0 heterocycles. The molecule has 0 aromatic heterocycles. The lowest BCUT2D eigenvalue weighted by Crippen LogP contribution is -2.40. The maximum atomic E-state index is 12.0. The summed E-state index contributed by atoms with van der Waals surface area (Å²) in [6.07, 6.45) is 3.63. The Bertz CT molecular complexity index is 496. The number of carbonyl (C=O) groups is 1. The molecule has 0 saturated heterocycles. The summed E-state index contributed by atoms with van der Waals surface area (Å²) >= 11 is 0. The van der Waals surface area contributed by atoms with E-state index in [-0.39, 0.29) is 18.2 Å². The van der Waals surface area contributed by atoms with Crippen molar-refractivity contribution in [3.05, 3.63) is 34.9 Å². The van der Waals surface area contributed by atoms with Crippen molar-refractivity contribution in [2.45, 2.75) is 58.6 Å². The molecule has 1 fully saturated rings. The van der Waals surface area contributed by atoms with Gasteiger partial charge in [0.25, 0.3) is 0 Å². The van der Waals surface area contributed by atoms with Gasteiger partial charge in [0, 0.05) is 6.54 Å². The van der Waals surface area contributed by atoms with Crippen LogP contribution in [-0.4, -0.2) is 23.8 Å². The number of carbonyl (C=O) groups excluding carboxylic acids is 1. The van der Waals surface area contributed by atoms with Gasteiger partial charge in [-0.15, -0.1) is 0 Å². The van der Waals surface area contributed by atoms with Gasteiger partial charge in [-0.25, -0.2) is 4.79 Å². The second-order valence-electron chi connectivity index (χ2n) is 6.68. The third kappa shape index (κ3) is 5.02. The van der Waals surface area contributed by atoms with Crippen LogP contribution in [0.5, 0.6) is 0 Å². The highest BCUT2D eigenvalue weighted by Crippen LogP contribution is 2.23. The minimum atomic E-state index is -0.196. The van der Waals surface area contributed by atoms with Crippen LogP contribution < -0.4 is 10.6 Å². The SMILES string of the molecule is Cc1cc(C)cc(C(C)NC(=O)NCC2CCCC(O)C2)c1. The molecule has 2 amide bonds. The van der Waals surface area contributed by atoms with E-state index in [0.29, 0.717) is 12.5 Å². The van der Waals surface area contributed by atoms with Crippen LogP contribution >= 0.6 is 0 Å². The predicted molar refractivity (Wildman–Crippen MR) is 88.8 cm³/mol. The molecular formula is C18H28N2O2. The first-order valence-corrected chi connectivity index (χ1v) is 8.24. The number of nitrogens with one attached hydrogen (secondary N) is 2. The molecule has 0 aliphatic heterocycles. The highest BCUT2D eigenvalue weighted by Gasteiger charge is 2.20. The molecule has 0 radical (unpaired) electrons. The predicted octanol–water partition coefficient (Wildman–Crippen LogP) is 3.21. The van der Waals surface area contributed by atoms with Crippen LogP contribution in [-0.2, 0) is 0 Å². The third-order valence-corrected chi connectivity index (χ3v) is 4.40. The summed E-state index contributed by atoms with van der Waals surface area (Å²) in [5.74, 6) is 0.394. The Labute approximate surface area is 133 Å². The quantitative estimate of drug-likeness (QED) is 0.800. The van der Waals surface area contributed by atoms with Gasteiger partial charge in [0.1, 0.15) is 0 Å². The molecule has 4 nitrogen and oxygen atoms in total. The summed E-state index contributed by atoms with van der Waals surface area (Å²) in [4.78, 5) is 12.0. The van der Waals surface area contributed by atoms with Crippen LogP contribution in [0.2, 0.25) is 0 Å². The molecule has 122 valence electrons. The van der Waals surface area contributed by atoms with E-state index in [1.54, 1.807) is 0 Å². The van der Waals surface area contributed by atoms with Crippen LogP contribution in [0.3, 0.4) is 0 Å². The van der Waals surface area contributed by atoms with E-state index in [1.807, 2.05) is 6.92 Å². The van der Waals surface area contributed by atoms with Gasteiger partial charge in [0.2, 0.25) is 0 Å². The second-order valence-corrected chi connectivity index (χ2v) is 6.68. The highest BCUT2D eigenvalue weighted by molar-refractivity contribution is 5.74. The van der Waals surface area contributed by atoms with E-state index in [4.69, 9.17) is 0 Å². The van der Waals surface area contributed by atoms with Gasteiger partial charge in [-0.05, 0) is 51.5 Å². The average molecular weight is 304 g/mol. The molecule has 1 aliphatic carbocycles. The monoisotopic (exact) mass is 304 g/mol. The van der Waals surface area contributed by atoms with Gasteiger partial charge in [-0.3, -0.25) is 0 Å².